The van der Waals surface area contributed by atoms with Gasteiger partial charge in [-0.15, -0.1) is 0 Å². The van der Waals surface area contributed by atoms with Crippen LogP contribution in [0.1, 0.15) is 6.42 Å². The van der Waals surface area contributed by atoms with Crippen LogP contribution >= 0.6 is 0 Å². The first kappa shape index (κ1) is 11.9. The van der Waals surface area contributed by atoms with Crippen molar-refractivity contribution in [1.82, 2.24) is 14.4 Å². The summed E-state index contributed by atoms with van der Waals surface area (Å²) in [7, 11) is 1.91. The standard InChI is InChI=1S/C14H15FN4/c1-18(9-4-8-15)13-7-10-19-12-6-3-2-5-11(12)16-14(19)17-13/h2-3,5-7,10H,4,8-9H2,1H3. The highest BCUT2D eigenvalue weighted by Crippen LogP contribution is 2.17. The van der Waals surface area contributed by atoms with E-state index in [2.05, 4.69) is 9.97 Å². The largest absolute Gasteiger partial charge is 0.359 e. The number of para-hydroxylation sites is 2. The van der Waals surface area contributed by atoms with Crippen LogP contribution in [0.2, 0.25) is 0 Å². The molecule has 0 unspecified atom stereocenters. The van der Waals surface area contributed by atoms with Crippen molar-refractivity contribution in [2.24, 2.45) is 0 Å². The minimum absolute atomic E-state index is 0.306. The molecule has 5 heteroatoms. The van der Waals surface area contributed by atoms with Crippen molar-refractivity contribution < 1.29 is 4.39 Å². The quantitative estimate of drug-likeness (QED) is 0.721. The third-order valence-corrected chi connectivity index (χ3v) is 3.18. The number of benzene rings is 1. The van der Waals surface area contributed by atoms with E-state index in [-0.39, 0.29) is 6.67 Å². The monoisotopic (exact) mass is 258 g/mol. The van der Waals surface area contributed by atoms with Crippen LogP contribution in [-0.4, -0.2) is 34.6 Å². The van der Waals surface area contributed by atoms with Crippen molar-refractivity contribution in [3.63, 3.8) is 0 Å². The molecule has 0 amide bonds. The Morgan fingerprint density at radius 2 is 2.05 bits per heavy atom. The second kappa shape index (κ2) is 4.84. The van der Waals surface area contributed by atoms with Crippen LogP contribution in [0.5, 0.6) is 0 Å². The highest BCUT2D eigenvalue weighted by Gasteiger charge is 2.08. The molecule has 0 aliphatic heterocycles. The SMILES string of the molecule is CN(CCCF)c1ccn2c(n1)nc1ccccc12. The molecule has 0 bridgehead atoms. The lowest BCUT2D eigenvalue weighted by Crippen LogP contribution is -2.20. The molecular formula is C14H15FN4. The molecule has 3 rings (SSSR count). The average Bonchev–Trinajstić information content (AvgIpc) is 2.82. The number of imidazole rings is 1. The summed E-state index contributed by atoms with van der Waals surface area (Å²) in [4.78, 5) is 11.0. The van der Waals surface area contributed by atoms with Gasteiger partial charge in [-0.2, -0.15) is 4.98 Å². The van der Waals surface area contributed by atoms with E-state index >= 15 is 0 Å². The summed E-state index contributed by atoms with van der Waals surface area (Å²) < 4.78 is 14.2. The summed E-state index contributed by atoms with van der Waals surface area (Å²) >= 11 is 0. The van der Waals surface area contributed by atoms with Crippen LogP contribution in [0, 0.1) is 0 Å². The minimum Gasteiger partial charge on any atom is -0.359 e. The number of halogens is 1. The zero-order chi connectivity index (χ0) is 13.2. The summed E-state index contributed by atoms with van der Waals surface area (Å²) in [5, 5.41) is 0. The topological polar surface area (TPSA) is 33.4 Å². The van der Waals surface area contributed by atoms with Crippen molar-refractivity contribution in [3.8, 4) is 0 Å². The Labute approximate surface area is 110 Å². The Balaban J connectivity index is 2.03. The molecular weight excluding hydrogens is 243 g/mol. The lowest BCUT2D eigenvalue weighted by molar-refractivity contribution is 0.474. The van der Waals surface area contributed by atoms with Gasteiger partial charge in [0.2, 0.25) is 5.78 Å². The summed E-state index contributed by atoms with van der Waals surface area (Å²) in [6.45, 7) is 0.347. The van der Waals surface area contributed by atoms with Crippen molar-refractivity contribution in [2.75, 3.05) is 25.2 Å². The van der Waals surface area contributed by atoms with Gasteiger partial charge in [0.05, 0.1) is 17.7 Å². The van der Waals surface area contributed by atoms with Gasteiger partial charge in [-0.1, -0.05) is 12.1 Å². The van der Waals surface area contributed by atoms with Crippen molar-refractivity contribution in [1.29, 1.82) is 0 Å². The Hall–Kier alpha value is -2.17. The van der Waals surface area contributed by atoms with Crippen LogP contribution in [0.25, 0.3) is 16.8 Å². The van der Waals surface area contributed by atoms with Gasteiger partial charge in [-0.05, 0) is 24.6 Å². The van der Waals surface area contributed by atoms with Crippen molar-refractivity contribution >= 4 is 22.6 Å². The first-order valence-electron chi connectivity index (χ1n) is 6.30. The molecule has 4 nitrogen and oxygen atoms in total. The fourth-order valence-corrected chi connectivity index (χ4v) is 2.16. The lowest BCUT2D eigenvalue weighted by atomic mass is 10.3. The third-order valence-electron chi connectivity index (χ3n) is 3.18. The zero-order valence-electron chi connectivity index (χ0n) is 10.8. The fraction of sp³-hybridized carbons (Fsp3) is 0.286. The maximum absolute atomic E-state index is 12.2. The van der Waals surface area contributed by atoms with Gasteiger partial charge in [0.15, 0.2) is 0 Å². The summed E-state index contributed by atoms with van der Waals surface area (Å²) in [5.41, 5.74) is 1.97. The summed E-state index contributed by atoms with van der Waals surface area (Å²) in [6, 6.07) is 9.86. The van der Waals surface area contributed by atoms with Crippen LogP contribution in [0.15, 0.2) is 36.5 Å². The van der Waals surface area contributed by atoms with E-state index in [0.717, 1.165) is 16.9 Å². The molecule has 1 aromatic carbocycles. The van der Waals surface area contributed by atoms with E-state index < -0.39 is 0 Å². The number of nitrogens with zero attached hydrogens (tertiary/aromatic N) is 4. The second-order valence-corrected chi connectivity index (χ2v) is 4.52. The molecule has 0 fully saturated rings. The van der Waals surface area contributed by atoms with E-state index in [0.29, 0.717) is 18.7 Å². The molecule has 0 saturated heterocycles. The Kier molecular flexibility index (Phi) is 3.03. The number of anilines is 1. The van der Waals surface area contributed by atoms with Crippen LogP contribution in [0.4, 0.5) is 10.2 Å². The van der Waals surface area contributed by atoms with Crippen LogP contribution in [-0.2, 0) is 0 Å². The first-order valence-corrected chi connectivity index (χ1v) is 6.30. The summed E-state index contributed by atoms with van der Waals surface area (Å²) in [5.74, 6) is 1.49. The molecule has 19 heavy (non-hydrogen) atoms. The molecule has 0 aliphatic carbocycles. The number of hydrogen-bond acceptors (Lipinski definition) is 3. The number of fused-ring (bicyclic) bond motifs is 3. The van der Waals surface area contributed by atoms with Gasteiger partial charge < -0.3 is 4.90 Å². The Morgan fingerprint density at radius 1 is 1.21 bits per heavy atom. The summed E-state index contributed by atoms with van der Waals surface area (Å²) in [6.07, 6.45) is 2.47. The molecule has 0 atom stereocenters. The van der Waals surface area contributed by atoms with Gasteiger partial charge in [0.25, 0.3) is 0 Å². The van der Waals surface area contributed by atoms with E-state index in [1.807, 2.05) is 52.9 Å². The molecule has 0 radical (unpaired) electrons. The smallest absolute Gasteiger partial charge is 0.236 e. The maximum Gasteiger partial charge on any atom is 0.236 e. The number of hydrogen-bond donors (Lipinski definition) is 0. The minimum atomic E-state index is -0.306. The molecule has 0 N–H and O–H groups in total. The Bertz CT molecular complexity index is 707. The van der Waals surface area contributed by atoms with E-state index in [4.69, 9.17) is 0 Å². The molecule has 0 saturated carbocycles. The van der Waals surface area contributed by atoms with E-state index in [1.54, 1.807) is 0 Å². The third kappa shape index (κ3) is 2.12. The van der Waals surface area contributed by atoms with Crippen molar-refractivity contribution in [3.05, 3.63) is 36.5 Å². The highest BCUT2D eigenvalue weighted by atomic mass is 19.1. The van der Waals surface area contributed by atoms with Gasteiger partial charge >= 0.3 is 0 Å². The van der Waals surface area contributed by atoms with E-state index in [1.165, 1.54) is 0 Å². The van der Waals surface area contributed by atoms with Gasteiger partial charge in [-0.3, -0.25) is 8.79 Å². The fourth-order valence-electron chi connectivity index (χ4n) is 2.16. The van der Waals surface area contributed by atoms with Crippen LogP contribution in [0.3, 0.4) is 0 Å². The lowest BCUT2D eigenvalue weighted by Gasteiger charge is -2.16. The molecule has 3 aromatic rings. The number of aromatic nitrogens is 3. The highest BCUT2D eigenvalue weighted by molar-refractivity contribution is 5.79. The second-order valence-electron chi connectivity index (χ2n) is 4.52. The normalized spacial score (nSPS) is 11.3. The van der Waals surface area contributed by atoms with Gasteiger partial charge in [0.1, 0.15) is 5.82 Å². The zero-order valence-corrected chi connectivity index (χ0v) is 10.8. The van der Waals surface area contributed by atoms with Gasteiger partial charge in [-0.25, -0.2) is 4.98 Å². The van der Waals surface area contributed by atoms with Crippen molar-refractivity contribution in [2.45, 2.75) is 6.42 Å². The maximum atomic E-state index is 12.2. The average molecular weight is 258 g/mol. The first-order chi connectivity index (χ1) is 9.29. The molecule has 0 aliphatic rings. The molecule has 2 aromatic heterocycles. The Morgan fingerprint density at radius 3 is 2.89 bits per heavy atom. The molecule has 0 spiro atoms. The molecule has 2 heterocycles. The van der Waals surface area contributed by atoms with Gasteiger partial charge in [0, 0.05) is 19.8 Å². The number of alkyl halides is 1. The van der Waals surface area contributed by atoms with E-state index in [9.17, 15) is 4.39 Å². The van der Waals surface area contributed by atoms with Crippen LogP contribution < -0.4 is 4.90 Å². The predicted molar refractivity (Wildman–Crippen MR) is 74.4 cm³/mol. The predicted octanol–water partition coefficient (Wildman–Crippen LogP) is 2.68. The molecule has 98 valence electrons. The number of rotatable bonds is 4.